The van der Waals surface area contributed by atoms with Crippen molar-refractivity contribution in [2.45, 2.75) is 64.0 Å². The van der Waals surface area contributed by atoms with Crippen LogP contribution in [0.4, 0.5) is 0 Å². The van der Waals surface area contributed by atoms with Crippen molar-refractivity contribution in [3.63, 3.8) is 0 Å². The lowest BCUT2D eigenvalue weighted by molar-refractivity contribution is 0.0414. The van der Waals surface area contributed by atoms with Crippen molar-refractivity contribution in [2.24, 2.45) is 0 Å². The van der Waals surface area contributed by atoms with Gasteiger partial charge in [0.1, 0.15) is 5.75 Å². The first kappa shape index (κ1) is 25.1. The Morgan fingerprint density at radius 3 is 1.92 bits per heavy atom. The molecule has 0 aromatic heterocycles. The van der Waals surface area contributed by atoms with Gasteiger partial charge in [-0.15, -0.1) is 12.4 Å². The van der Waals surface area contributed by atoms with Crippen LogP contribution in [-0.2, 0) is 6.54 Å². The van der Waals surface area contributed by atoms with Crippen molar-refractivity contribution < 1.29 is 20.1 Å². The van der Waals surface area contributed by atoms with E-state index in [1.165, 1.54) is 38.5 Å². The second kappa shape index (κ2) is 15.2. The van der Waals surface area contributed by atoms with Crippen LogP contribution in [0.1, 0.15) is 57.4 Å². The second-order valence-corrected chi connectivity index (χ2v) is 6.72. The molecule has 1 aromatic rings. The molecule has 26 heavy (non-hydrogen) atoms. The molecule has 5 nitrogen and oxygen atoms in total. The predicted molar refractivity (Wildman–Crippen MR) is 108 cm³/mol. The van der Waals surface area contributed by atoms with Crippen molar-refractivity contribution in [1.82, 2.24) is 5.32 Å². The molecule has 0 unspecified atom stereocenters. The Hall–Kier alpha value is -0.850. The van der Waals surface area contributed by atoms with E-state index in [0.717, 1.165) is 24.3 Å². The van der Waals surface area contributed by atoms with Crippen LogP contribution < -0.4 is 10.1 Å². The largest absolute Gasteiger partial charge is 0.494 e. The Labute approximate surface area is 164 Å². The van der Waals surface area contributed by atoms with Crippen molar-refractivity contribution in [2.75, 3.05) is 26.4 Å². The predicted octanol–water partition coefficient (Wildman–Crippen LogP) is 3.04. The van der Waals surface area contributed by atoms with Gasteiger partial charge in [0.05, 0.1) is 32.0 Å². The van der Waals surface area contributed by atoms with Crippen LogP contribution in [0.2, 0.25) is 0 Å². The molecule has 0 bridgehead atoms. The second-order valence-electron chi connectivity index (χ2n) is 6.72. The minimum absolute atomic E-state index is 0. The zero-order valence-corrected chi connectivity index (χ0v) is 16.8. The number of nitrogens with one attached hydrogen (secondary N) is 1. The maximum atomic E-state index is 9.30. The molecule has 0 aliphatic carbocycles. The normalized spacial score (nSPS) is 11.2. The molecule has 152 valence electrons. The third kappa shape index (κ3) is 9.74. The van der Waals surface area contributed by atoms with Crippen molar-refractivity contribution >= 4 is 12.4 Å². The van der Waals surface area contributed by atoms with Gasteiger partial charge in [-0.1, -0.05) is 57.6 Å². The topological polar surface area (TPSA) is 82.0 Å². The van der Waals surface area contributed by atoms with Gasteiger partial charge in [-0.05, 0) is 24.1 Å². The highest BCUT2D eigenvalue weighted by Gasteiger charge is 2.26. The number of unbranched alkanes of at least 4 members (excludes halogenated alkanes) is 6. The summed E-state index contributed by atoms with van der Waals surface area (Å²) in [4.78, 5) is 0. The van der Waals surface area contributed by atoms with Gasteiger partial charge in [-0.25, -0.2) is 0 Å². The number of rotatable bonds is 15. The minimum Gasteiger partial charge on any atom is -0.494 e. The number of aliphatic hydroxyl groups is 3. The number of ether oxygens (including phenoxy) is 1. The smallest absolute Gasteiger partial charge is 0.119 e. The summed E-state index contributed by atoms with van der Waals surface area (Å²) < 4.78 is 5.76. The van der Waals surface area contributed by atoms with E-state index in [1.54, 1.807) is 0 Å². The summed E-state index contributed by atoms with van der Waals surface area (Å²) in [5, 5.41) is 30.9. The van der Waals surface area contributed by atoms with Crippen molar-refractivity contribution in [1.29, 1.82) is 0 Å². The quantitative estimate of drug-likeness (QED) is 0.347. The van der Waals surface area contributed by atoms with E-state index in [2.05, 4.69) is 12.2 Å². The molecular weight excluding hydrogens is 354 g/mol. The number of benzene rings is 1. The molecule has 4 N–H and O–H groups in total. The molecule has 0 aliphatic rings. The summed E-state index contributed by atoms with van der Waals surface area (Å²) in [6, 6.07) is 7.75. The SMILES string of the molecule is CCCCCCCCCOc1ccc(CNC(CO)(CO)CO)cc1.Cl. The van der Waals surface area contributed by atoms with Crippen LogP contribution in [0.5, 0.6) is 5.75 Å². The fourth-order valence-corrected chi connectivity index (χ4v) is 2.56. The molecular formula is C20H36ClNO4. The highest BCUT2D eigenvalue weighted by atomic mass is 35.5. The summed E-state index contributed by atoms with van der Waals surface area (Å²) in [6.07, 6.45) is 8.89. The molecule has 0 amide bonds. The third-order valence-electron chi connectivity index (χ3n) is 4.52. The third-order valence-corrected chi connectivity index (χ3v) is 4.52. The van der Waals surface area contributed by atoms with Crippen LogP contribution >= 0.6 is 12.4 Å². The number of halogens is 1. The molecule has 6 heteroatoms. The summed E-state index contributed by atoms with van der Waals surface area (Å²) in [6.45, 7) is 2.48. The van der Waals surface area contributed by atoms with Gasteiger partial charge >= 0.3 is 0 Å². The summed E-state index contributed by atoms with van der Waals surface area (Å²) in [5.41, 5.74) is -0.0465. The average Bonchev–Trinajstić information content (AvgIpc) is 2.66. The van der Waals surface area contributed by atoms with Crippen molar-refractivity contribution in [3.05, 3.63) is 29.8 Å². The lowest BCUT2D eigenvalue weighted by Crippen LogP contribution is -2.54. The van der Waals surface area contributed by atoms with E-state index >= 15 is 0 Å². The summed E-state index contributed by atoms with van der Waals surface area (Å²) in [5.74, 6) is 0.854. The van der Waals surface area contributed by atoms with Crippen LogP contribution in [0.15, 0.2) is 24.3 Å². The zero-order valence-electron chi connectivity index (χ0n) is 16.0. The van der Waals surface area contributed by atoms with Gasteiger partial charge in [0.15, 0.2) is 0 Å². The first-order chi connectivity index (χ1) is 12.2. The first-order valence-electron chi connectivity index (χ1n) is 9.49. The lowest BCUT2D eigenvalue weighted by Gasteiger charge is -2.28. The maximum Gasteiger partial charge on any atom is 0.119 e. The van der Waals surface area contributed by atoms with E-state index in [-0.39, 0.29) is 32.2 Å². The summed E-state index contributed by atoms with van der Waals surface area (Å²) in [7, 11) is 0. The molecule has 0 saturated carbocycles. The molecule has 0 fully saturated rings. The van der Waals surface area contributed by atoms with Gasteiger partial charge in [0.2, 0.25) is 0 Å². The monoisotopic (exact) mass is 389 g/mol. The zero-order chi connectivity index (χ0) is 18.4. The average molecular weight is 390 g/mol. The first-order valence-corrected chi connectivity index (χ1v) is 9.49. The van der Waals surface area contributed by atoms with E-state index < -0.39 is 5.54 Å². The van der Waals surface area contributed by atoms with E-state index in [4.69, 9.17) is 4.74 Å². The number of hydrogen-bond acceptors (Lipinski definition) is 5. The molecule has 0 saturated heterocycles. The highest BCUT2D eigenvalue weighted by Crippen LogP contribution is 2.14. The Bertz CT molecular complexity index is 430. The highest BCUT2D eigenvalue weighted by molar-refractivity contribution is 5.85. The van der Waals surface area contributed by atoms with Crippen LogP contribution in [0, 0.1) is 0 Å². The Morgan fingerprint density at radius 2 is 1.38 bits per heavy atom. The molecule has 0 radical (unpaired) electrons. The van der Waals surface area contributed by atoms with Gasteiger partial charge < -0.3 is 25.4 Å². The standard InChI is InChI=1S/C20H35NO4.ClH/c1-2-3-4-5-6-7-8-13-25-19-11-9-18(10-12-19)14-21-20(15-22,16-23)17-24;/h9-12,21-24H,2-8,13-17H2,1H3;1H. The molecule has 0 heterocycles. The Balaban J connectivity index is 0.00000625. The summed E-state index contributed by atoms with van der Waals surface area (Å²) >= 11 is 0. The maximum absolute atomic E-state index is 9.30. The molecule has 1 aromatic carbocycles. The molecule has 0 aliphatic heterocycles. The van der Waals surface area contributed by atoms with E-state index in [0.29, 0.717) is 6.54 Å². The minimum atomic E-state index is -1.05. The molecule has 0 spiro atoms. The van der Waals surface area contributed by atoms with Crippen LogP contribution in [0.25, 0.3) is 0 Å². The fourth-order valence-electron chi connectivity index (χ4n) is 2.56. The van der Waals surface area contributed by atoms with E-state index in [1.807, 2.05) is 24.3 Å². The Kier molecular flexibility index (Phi) is 14.7. The molecule has 1 rings (SSSR count). The van der Waals surface area contributed by atoms with Gasteiger partial charge in [-0.2, -0.15) is 0 Å². The van der Waals surface area contributed by atoms with Crippen LogP contribution in [-0.4, -0.2) is 47.3 Å². The van der Waals surface area contributed by atoms with Gasteiger partial charge in [0.25, 0.3) is 0 Å². The Morgan fingerprint density at radius 1 is 0.846 bits per heavy atom. The number of hydrogen-bond donors (Lipinski definition) is 4. The fraction of sp³-hybridized carbons (Fsp3) is 0.700. The number of aliphatic hydroxyl groups excluding tert-OH is 3. The van der Waals surface area contributed by atoms with Crippen LogP contribution in [0.3, 0.4) is 0 Å². The van der Waals surface area contributed by atoms with Gasteiger partial charge in [0, 0.05) is 6.54 Å². The van der Waals surface area contributed by atoms with E-state index in [9.17, 15) is 15.3 Å². The lowest BCUT2D eigenvalue weighted by atomic mass is 10.0. The van der Waals surface area contributed by atoms with Crippen molar-refractivity contribution in [3.8, 4) is 5.75 Å². The van der Waals surface area contributed by atoms with Gasteiger partial charge in [-0.3, -0.25) is 0 Å². The molecule has 0 atom stereocenters.